The van der Waals surface area contributed by atoms with E-state index in [0.717, 1.165) is 65.7 Å². The van der Waals surface area contributed by atoms with Gasteiger partial charge in [-0.2, -0.15) is 4.31 Å². The number of carboxylic acid groups (broad SMARTS) is 1. The lowest BCUT2D eigenvalue weighted by Gasteiger charge is -2.36. The first-order valence-corrected chi connectivity index (χ1v) is 19.8. The van der Waals surface area contributed by atoms with Crippen molar-refractivity contribution in [3.8, 4) is 22.8 Å². The molecule has 268 valence electrons. The predicted octanol–water partition coefficient (Wildman–Crippen LogP) is 5.63. The highest BCUT2D eigenvalue weighted by Gasteiger charge is 2.31. The van der Waals surface area contributed by atoms with E-state index in [2.05, 4.69) is 14.5 Å². The Balaban J connectivity index is 1.12. The topological polar surface area (TPSA) is 135 Å². The quantitative estimate of drug-likeness (QED) is 0.247. The van der Waals surface area contributed by atoms with Crippen LogP contribution < -0.4 is 19.3 Å². The smallest absolute Gasteiger partial charge is 0.354 e. The van der Waals surface area contributed by atoms with Gasteiger partial charge in [-0.05, 0) is 73.2 Å². The summed E-state index contributed by atoms with van der Waals surface area (Å²) in [6, 6.07) is 15.5. The third-order valence-electron chi connectivity index (χ3n) is 10.9. The summed E-state index contributed by atoms with van der Waals surface area (Å²) in [5.41, 5.74) is 6.63. The van der Waals surface area contributed by atoms with Crippen molar-refractivity contribution in [3.05, 3.63) is 65.4 Å². The number of piperazine rings is 1. The number of rotatable bonds is 8. The summed E-state index contributed by atoms with van der Waals surface area (Å²) in [6.45, 7) is 3.76. The monoisotopic (exact) mass is 713 g/mol. The zero-order valence-corrected chi connectivity index (χ0v) is 29.7. The molecule has 4 aromatic rings. The number of benzene rings is 2. The number of amides is 1. The number of aromatic carboxylic acids is 1. The minimum absolute atomic E-state index is 0.0296. The van der Waals surface area contributed by atoms with E-state index in [1.54, 1.807) is 6.07 Å². The highest BCUT2D eigenvalue weighted by Crippen LogP contribution is 2.47. The van der Waals surface area contributed by atoms with E-state index in [4.69, 9.17) is 9.47 Å². The molecule has 0 radical (unpaired) electrons. The summed E-state index contributed by atoms with van der Waals surface area (Å²) < 4.78 is 40.8. The van der Waals surface area contributed by atoms with Gasteiger partial charge in [-0.1, -0.05) is 19.3 Å². The lowest BCUT2D eigenvalue weighted by atomic mass is 9.82. The molecule has 1 amide bonds. The van der Waals surface area contributed by atoms with Gasteiger partial charge in [0.05, 0.1) is 18.5 Å². The molecule has 3 fully saturated rings. The molecular formula is C38H43N5O7S. The van der Waals surface area contributed by atoms with Crippen LogP contribution in [0.15, 0.2) is 48.5 Å². The molecule has 2 saturated heterocycles. The second kappa shape index (κ2) is 13.5. The fourth-order valence-corrected chi connectivity index (χ4v) is 9.16. The molecule has 5 heterocycles. The summed E-state index contributed by atoms with van der Waals surface area (Å²) in [6.07, 6.45) is 8.32. The number of hydrogen-bond donors (Lipinski definition) is 1. The molecule has 2 aromatic heterocycles. The minimum Gasteiger partial charge on any atom is -0.491 e. The van der Waals surface area contributed by atoms with Crippen LogP contribution in [0, 0.1) is 0 Å². The number of carbonyl (C=O) groups excluding carboxylic acids is 1. The number of aromatic nitrogens is 2. The van der Waals surface area contributed by atoms with Gasteiger partial charge in [-0.25, -0.2) is 18.2 Å². The number of pyridine rings is 1. The molecule has 0 bridgehead atoms. The van der Waals surface area contributed by atoms with Crippen molar-refractivity contribution in [2.75, 3.05) is 55.4 Å². The summed E-state index contributed by atoms with van der Waals surface area (Å²) in [7, 11) is -3.27. The number of sulfonamides is 1. The van der Waals surface area contributed by atoms with Gasteiger partial charge in [0.2, 0.25) is 15.9 Å². The van der Waals surface area contributed by atoms with E-state index in [0.29, 0.717) is 75.4 Å². The maximum Gasteiger partial charge on any atom is 0.354 e. The SMILES string of the molecule is CS(=O)(=O)N1CCN(c2ccc(N3CCCC3=O)cc2COc2ccc3c(c2)OCCn2c-3c(C3CCCCC3)c3ccc(C(=O)O)nc32)CC1. The molecule has 1 N–H and O–H groups in total. The zero-order valence-electron chi connectivity index (χ0n) is 28.8. The van der Waals surface area contributed by atoms with Crippen LogP contribution in [0.3, 0.4) is 0 Å². The Hall–Kier alpha value is -4.62. The standard InChI is InChI=1S/C38H43N5O7S/c1-51(47,48)41-18-16-40(17-19-41)32-14-9-27(42-15-5-8-34(42)44)22-26(32)24-50-28-10-11-29-33(23-28)49-21-20-43-36(29)35(25-6-3-2-4-7-25)30-12-13-31(38(45)46)39-37(30)43/h9-14,22-23,25H,2-8,15-21,24H2,1H3,(H,45,46). The molecule has 12 nitrogen and oxygen atoms in total. The Kier molecular flexibility index (Phi) is 8.87. The van der Waals surface area contributed by atoms with Crippen LogP contribution in [0.25, 0.3) is 22.3 Å². The van der Waals surface area contributed by atoms with Crippen LogP contribution in [-0.2, 0) is 28.0 Å². The zero-order chi connectivity index (χ0) is 35.3. The van der Waals surface area contributed by atoms with Gasteiger partial charge in [-0.3, -0.25) is 4.79 Å². The summed E-state index contributed by atoms with van der Waals surface area (Å²) in [4.78, 5) is 33.2. The molecule has 4 aliphatic rings. The predicted molar refractivity (Wildman–Crippen MR) is 194 cm³/mol. The van der Waals surface area contributed by atoms with Crippen molar-refractivity contribution in [1.29, 1.82) is 0 Å². The van der Waals surface area contributed by atoms with Gasteiger partial charge in [0.1, 0.15) is 30.4 Å². The van der Waals surface area contributed by atoms with E-state index in [-0.39, 0.29) is 18.2 Å². The average molecular weight is 714 g/mol. The Morgan fingerprint density at radius 2 is 1.76 bits per heavy atom. The molecule has 3 aliphatic heterocycles. The highest BCUT2D eigenvalue weighted by molar-refractivity contribution is 7.88. The number of carbonyl (C=O) groups is 2. The molecule has 0 spiro atoms. The third-order valence-corrected chi connectivity index (χ3v) is 12.2. The van der Waals surface area contributed by atoms with Crippen molar-refractivity contribution < 1.29 is 32.6 Å². The number of carboxylic acids is 1. The van der Waals surface area contributed by atoms with E-state index in [1.165, 1.54) is 22.5 Å². The van der Waals surface area contributed by atoms with Crippen molar-refractivity contribution >= 4 is 44.3 Å². The number of hydrogen-bond acceptors (Lipinski definition) is 8. The lowest BCUT2D eigenvalue weighted by Crippen LogP contribution is -2.48. The van der Waals surface area contributed by atoms with Crippen molar-refractivity contribution in [3.63, 3.8) is 0 Å². The van der Waals surface area contributed by atoms with E-state index < -0.39 is 16.0 Å². The van der Waals surface area contributed by atoms with Crippen molar-refractivity contribution in [2.24, 2.45) is 0 Å². The van der Waals surface area contributed by atoms with Crippen LogP contribution >= 0.6 is 0 Å². The van der Waals surface area contributed by atoms with Crippen molar-refractivity contribution in [1.82, 2.24) is 13.9 Å². The van der Waals surface area contributed by atoms with Gasteiger partial charge >= 0.3 is 5.97 Å². The molecule has 1 aliphatic carbocycles. The second-order valence-electron chi connectivity index (χ2n) is 14.0. The summed E-state index contributed by atoms with van der Waals surface area (Å²) in [5, 5.41) is 10.7. The Morgan fingerprint density at radius 3 is 2.49 bits per heavy atom. The van der Waals surface area contributed by atoms with Crippen molar-refractivity contribution in [2.45, 2.75) is 64.0 Å². The largest absolute Gasteiger partial charge is 0.491 e. The van der Waals surface area contributed by atoms with Crippen LogP contribution in [-0.4, -0.2) is 84.8 Å². The molecule has 51 heavy (non-hydrogen) atoms. The van der Waals surface area contributed by atoms with E-state index >= 15 is 0 Å². The van der Waals surface area contributed by atoms with Crippen LogP contribution in [0.5, 0.6) is 11.5 Å². The number of fused-ring (bicyclic) bond motifs is 5. The van der Waals surface area contributed by atoms with Gasteiger partial charge in [-0.15, -0.1) is 0 Å². The van der Waals surface area contributed by atoms with E-state index in [9.17, 15) is 23.1 Å². The normalized spacial score (nSPS) is 18.7. The first-order valence-electron chi connectivity index (χ1n) is 18.0. The second-order valence-corrected chi connectivity index (χ2v) is 16.0. The third kappa shape index (κ3) is 6.41. The maximum atomic E-state index is 12.6. The molecule has 13 heteroatoms. The lowest BCUT2D eigenvalue weighted by molar-refractivity contribution is -0.117. The minimum atomic E-state index is -3.27. The Bertz CT molecular complexity index is 2120. The first kappa shape index (κ1) is 33.5. The first-order chi connectivity index (χ1) is 24.7. The molecule has 1 saturated carbocycles. The number of nitrogens with zero attached hydrogens (tertiary/aromatic N) is 5. The molecule has 8 rings (SSSR count). The van der Waals surface area contributed by atoms with Gasteiger partial charge < -0.3 is 28.9 Å². The maximum absolute atomic E-state index is 12.6. The summed E-state index contributed by atoms with van der Waals surface area (Å²) in [5.74, 6) is 0.760. The molecule has 0 atom stereocenters. The fourth-order valence-electron chi connectivity index (χ4n) is 8.34. The van der Waals surface area contributed by atoms with Gasteiger partial charge in [0.25, 0.3) is 0 Å². The Morgan fingerprint density at radius 1 is 0.961 bits per heavy atom. The summed E-state index contributed by atoms with van der Waals surface area (Å²) >= 11 is 0. The van der Waals surface area contributed by atoms with Gasteiger partial charge in [0.15, 0.2) is 5.69 Å². The van der Waals surface area contributed by atoms with Gasteiger partial charge in [0, 0.05) is 73.1 Å². The average Bonchev–Trinajstić information content (AvgIpc) is 3.65. The van der Waals surface area contributed by atoms with Crippen LogP contribution in [0.2, 0.25) is 0 Å². The van der Waals surface area contributed by atoms with Crippen LogP contribution in [0.4, 0.5) is 11.4 Å². The van der Waals surface area contributed by atoms with E-state index in [1.807, 2.05) is 47.4 Å². The highest BCUT2D eigenvalue weighted by atomic mass is 32.2. The molecular weight excluding hydrogens is 671 g/mol. The van der Waals surface area contributed by atoms with Crippen LogP contribution in [0.1, 0.15) is 72.5 Å². The fraction of sp³-hybridized carbons (Fsp3) is 0.447. The Labute approximate surface area is 297 Å². The number of anilines is 2. The molecule has 2 aromatic carbocycles. The number of ether oxygens (including phenoxy) is 2. The molecule has 0 unspecified atom stereocenters.